The molecular formula is C17H17Cl2N3O4S. The van der Waals surface area contributed by atoms with Crippen molar-refractivity contribution in [1.29, 1.82) is 0 Å². The predicted octanol–water partition coefficient (Wildman–Crippen LogP) is 3.98. The topological polar surface area (TPSA) is 80.8 Å². The van der Waals surface area contributed by atoms with Gasteiger partial charge in [-0.2, -0.15) is 0 Å². The number of aromatic nitrogens is 1. The molecule has 0 radical (unpaired) electrons. The summed E-state index contributed by atoms with van der Waals surface area (Å²) < 4.78 is 10.4. The lowest BCUT2D eigenvalue weighted by Gasteiger charge is -2.26. The van der Waals surface area contributed by atoms with Crippen LogP contribution in [0.2, 0.25) is 10.0 Å². The van der Waals surface area contributed by atoms with Crippen LogP contribution in [0.5, 0.6) is 5.75 Å². The Kier molecular flexibility index (Phi) is 6.41. The fraction of sp³-hybridized carbons (Fsp3) is 0.353. The van der Waals surface area contributed by atoms with Crippen LogP contribution in [-0.2, 0) is 22.5 Å². The van der Waals surface area contributed by atoms with Gasteiger partial charge in [0.1, 0.15) is 5.75 Å². The lowest BCUT2D eigenvalue weighted by molar-refractivity contribution is -0.134. The summed E-state index contributed by atoms with van der Waals surface area (Å²) in [5.74, 6) is 0.255. The van der Waals surface area contributed by atoms with Gasteiger partial charge in [-0.1, -0.05) is 34.5 Å². The van der Waals surface area contributed by atoms with E-state index in [1.54, 1.807) is 30.0 Å². The number of rotatable bonds is 5. The molecule has 0 atom stereocenters. The monoisotopic (exact) mass is 429 g/mol. The molecule has 0 saturated heterocycles. The summed E-state index contributed by atoms with van der Waals surface area (Å²) >= 11 is 13.2. The molecule has 2 aromatic rings. The van der Waals surface area contributed by atoms with Gasteiger partial charge in [0.25, 0.3) is 5.91 Å². The number of anilines is 1. The van der Waals surface area contributed by atoms with E-state index in [0.29, 0.717) is 40.4 Å². The van der Waals surface area contributed by atoms with Crippen molar-refractivity contribution in [2.24, 2.45) is 0 Å². The second-order valence-corrected chi connectivity index (χ2v) is 7.59. The maximum Gasteiger partial charge on any atom is 0.413 e. The van der Waals surface area contributed by atoms with Crippen molar-refractivity contribution in [3.8, 4) is 5.75 Å². The minimum atomic E-state index is -0.537. The molecule has 1 aliphatic heterocycles. The largest absolute Gasteiger partial charge is 0.482 e. The van der Waals surface area contributed by atoms with Crippen molar-refractivity contribution in [1.82, 2.24) is 9.88 Å². The zero-order valence-corrected chi connectivity index (χ0v) is 16.8. The van der Waals surface area contributed by atoms with Crippen molar-refractivity contribution in [3.63, 3.8) is 0 Å². The molecule has 0 fully saturated rings. The van der Waals surface area contributed by atoms with E-state index in [-0.39, 0.29) is 19.1 Å². The molecule has 10 heteroatoms. The minimum Gasteiger partial charge on any atom is -0.482 e. The Bertz CT molecular complexity index is 859. The van der Waals surface area contributed by atoms with Gasteiger partial charge in [-0.05, 0) is 25.1 Å². The SMILES string of the molecule is CCOC(=O)Nc1nc2c(s1)CN(C(=O)COc1ccc(Cl)cc1Cl)CC2. The summed E-state index contributed by atoms with van der Waals surface area (Å²) in [6.07, 6.45) is 0.0776. The first-order chi connectivity index (χ1) is 13.0. The van der Waals surface area contributed by atoms with E-state index in [2.05, 4.69) is 10.3 Å². The highest BCUT2D eigenvalue weighted by Gasteiger charge is 2.25. The first-order valence-corrected chi connectivity index (χ1v) is 9.81. The summed E-state index contributed by atoms with van der Waals surface area (Å²) in [4.78, 5) is 31.0. The lowest BCUT2D eigenvalue weighted by atomic mass is 10.2. The number of ether oxygens (including phenoxy) is 2. The Hall–Kier alpha value is -2.03. The summed E-state index contributed by atoms with van der Waals surface area (Å²) in [5.41, 5.74) is 0.887. The van der Waals surface area contributed by atoms with Crippen LogP contribution in [0.3, 0.4) is 0 Å². The molecule has 1 N–H and O–H groups in total. The number of carbonyl (C=O) groups is 2. The van der Waals surface area contributed by atoms with Gasteiger partial charge in [0, 0.05) is 22.9 Å². The Morgan fingerprint density at radius 1 is 1.37 bits per heavy atom. The molecule has 3 rings (SSSR count). The number of thiazole rings is 1. The Balaban J connectivity index is 1.57. The maximum absolute atomic E-state index is 12.5. The third-order valence-electron chi connectivity index (χ3n) is 3.81. The van der Waals surface area contributed by atoms with E-state index in [4.69, 9.17) is 32.7 Å². The van der Waals surface area contributed by atoms with E-state index in [1.165, 1.54) is 11.3 Å². The quantitative estimate of drug-likeness (QED) is 0.776. The third kappa shape index (κ3) is 5.03. The molecular weight excluding hydrogens is 413 g/mol. The number of nitrogens with zero attached hydrogens (tertiary/aromatic N) is 2. The number of halogens is 2. The van der Waals surface area contributed by atoms with E-state index in [9.17, 15) is 9.59 Å². The smallest absolute Gasteiger partial charge is 0.413 e. The van der Waals surface area contributed by atoms with Gasteiger partial charge in [0.2, 0.25) is 0 Å². The summed E-state index contributed by atoms with van der Waals surface area (Å²) in [6.45, 7) is 2.86. The van der Waals surface area contributed by atoms with Crippen LogP contribution in [0.25, 0.3) is 0 Å². The Morgan fingerprint density at radius 3 is 2.93 bits per heavy atom. The van der Waals surface area contributed by atoms with Crippen molar-refractivity contribution >= 4 is 51.7 Å². The van der Waals surface area contributed by atoms with Gasteiger partial charge in [0.15, 0.2) is 11.7 Å². The maximum atomic E-state index is 12.5. The molecule has 0 bridgehead atoms. The highest BCUT2D eigenvalue weighted by molar-refractivity contribution is 7.15. The molecule has 144 valence electrons. The number of nitrogens with one attached hydrogen (secondary N) is 1. The molecule has 7 nitrogen and oxygen atoms in total. The van der Waals surface area contributed by atoms with Crippen molar-refractivity contribution in [3.05, 3.63) is 38.8 Å². The van der Waals surface area contributed by atoms with Crippen LogP contribution in [0.15, 0.2) is 18.2 Å². The number of hydrogen-bond acceptors (Lipinski definition) is 6. The normalized spacial score (nSPS) is 13.1. The van der Waals surface area contributed by atoms with Gasteiger partial charge < -0.3 is 14.4 Å². The summed E-state index contributed by atoms with van der Waals surface area (Å²) in [6, 6.07) is 4.84. The number of hydrogen-bond donors (Lipinski definition) is 1. The van der Waals surface area contributed by atoms with Gasteiger partial charge in [-0.3, -0.25) is 10.1 Å². The van der Waals surface area contributed by atoms with Crippen molar-refractivity contribution in [2.75, 3.05) is 25.1 Å². The summed E-state index contributed by atoms with van der Waals surface area (Å²) in [7, 11) is 0. The second-order valence-electron chi connectivity index (χ2n) is 5.66. The number of fused-ring (bicyclic) bond motifs is 1. The number of benzene rings is 1. The standard InChI is InChI=1S/C17H17Cl2N3O4S/c1-2-25-17(24)21-16-20-12-5-6-22(8-14(12)27-16)15(23)9-26-13-4-3-10(18)7-11(13)19/h3-4,7H,2,5-6,8-9H2,1H3,(H,20,21,24). The van der Waals surface area contributed by atoms with Crippen LogP contribution < -0.4 is 10.1 Å². The van der Waals surface area contributed by atoms with Crippen LogP contribution >= 0.6 is 34.5 Å². The minimum absolute atomic E-state index is 0.122. The molecule has 1 aromatic heterocycles. The Labute approximate surface area is 170 Å². The molecule has 0 unspecified atom stereocenters. The van der Waals surface area contributed by atoms with E-state index in [0.717, 1.165) is 10.6 Å². The average molecular weight is 430 g/mol. The van der Waals surface area contributed by atoms with Gasteiger partial charge in [-0.15, -0.1) is 0 Å². The van der Waals surface area contributed by atoms with Crippen molar-refractivity contribution in [2.45, 2.75) is 19.9 Å². The number of carbonyl (C=O) groups excluding carboxylic acids is 2. The van der Waals surface area contributed by atoms with Gasteiger partial charge in [0.05, 0.1) is 23.9 Å². The highest BCUT2D eigenvalue weighted by atomic mass is 35.5. The van der Waals surface area contributed by atoms with Crippen LogP contribution in [0.4, 0.5) is 9.93 Å². The van der Waals surface area contributed by atoms with Crippen LogP contribution in [0.1, 0.15) is 17.5 Å². The van der Waals surface area contributed by atoms with Crippen LogP contribution in [-0.4, -0.2) is 41.6 Å². The van der Waals surface area contributed by atoms with E-state index >= 15 is 0 Å². The fourth-order valence-electron chi connectivity index (χ4n) is 2.54. The predicted molar refractivity (Wildman–Crippen MR) is 104 cm³/mol. The molecule has 0 spiro atoms. The van der Waals surface area contributed by atoms with Gasteiger partial charge in [-0.25, -0.2) is 9.78 Å². The average Bonchev–Trinajstić information content (AvgIpc) is 3.02. The summed E-state index contributed by atoms with van der Waals surface area (Å²) in [5, 5.41) is 3.92. The van der Waals surface area contributed by atoms with E-state index in [1.807, 2.05) is 0 Å². The highest BCUT2D eigenvalue weighted by Crippen LogP contribution is 2.29. The van der Waals surface area contributed by atoms with E-state index < -0.39 is 6.09 Å². The Morgan fingerprint density at radius 2 is 2.19 bits per heavy atom. The molecule has 1 aliphatic rings. The molecule has 0 saturated carbocycles. The molecule has 2 heterocycles. The number of amides is 2. The zero-order chi connectivity index (χ0) is 19.4. The first-order valence-electron chi connectivity index (χ1n) is 8.24. The molecule has 2 amide bonds. The van der Waals surface area contributed by atoms with Crippen LogP contribution in [0, 0.1) is 0 Å². The van der Waals surface area contributed by atoms with Crippen molar-refractivity contribution < 1.29 is 19.1 Å². The third-order valence-corrected chi connectivity index (χ3v) is 5.34. The fourth-order valence-corrected chi connectivity index (χ4v) is 4.01. The lowest BCUT2D eigenvalue weighted by Crippen LogP contribution is -2.38. The second kappa shape index (κ2) is 8.77. The molecule has 1 aromatic carbocycles. The molecule has 0 aliphatic carbocycles. The zero-order valence-electron chi connectivity index (χ0n) is 14.5. The van der Waals surface area contributed by atoms with Gasteiger partial charge >= 0.3 is 6.09 Å². The first kappa shape index (κ1) is 19.7. The molecule has 27 heavy (non-hydrogen) atoms.